The number of likely N-dealkylation sites (N-methyl/N-ethyl adjacent to an activating group) is 1. The van der Waals surface area contributed by atoms with Gasteiger partial charge in [0.2, 0.25) is 0 Å². The fourth-order valence-electron chi connectivity index (χ4n) is 2.61. The summed E-state index contributed by atoms with van der Waals surface area (Å²) in [6.45, 7) is 5.37. The van der Waals surface area contributed by atoms with Gasteiger partial charge in [-0.1, -0.05) is 32.0 Å². The number of ether oxygens (including phenoxy) is 1. The van der Waals surface area contributed by atoms with Gasteiger partial charge in [-0.05, 0) is 49.6 Å². The molecule has 1 aromatic carbocycles. The van der Waals surface area contributed by atoms with Crippen LogP contribution in [0.4, 0.5) is 0 Å². The van der Waals surface area contributed by atoms with Crippen LogP contribution in [-0.2, 0) is 19.3 Å². The van der Waals surface area contributed by atoms with Gasteiger partial charge in [0.05, 0.1) is 7.11 Å². The van der Waals surface area contributed by atoms with Crippen LogP contribution >= 0.6 is 11.3 Å². The minimum atomic E-state index is 0.453. The van der Waals surface area contributed by atoms with Crippen molar-refractivity contribution < 1.29 is 4.74 Å². The van der Waals surface area contributed by atoms with Crippen LogP contribution in [0, 0.1) is 0 Å². The van der Waals surface area contributed by atoms with E-state index in [1.54, 1.807) is 7.11 Å². The first-order valence-corrected chi connectivity index (χ1v) is 8.51. The van der Waals surface area contributed by atoms with Gasteiger partial charge in [0.15, 0.2) is 0 Å². The molecule has 0 amide bonds. The Morgan fingerprint density at radius 3 is 2.48 bits per heavy atom. The van der Waals surface area contributed by atoms with Gasteiger partial charge < -0.3 is 10.1 Å². The molecule has 0 aliphatic heterocycles. The lowest BCUT2D eigenvalue weighted by molar-refractivity contribution is 0.405. The number of para-hydroxylation sites is 1. The number of hydrogen-bond donors (Lipinski definition) is 1. The maximum absolute atomic E-state index is 5.47. The average molecular weight is 303 g/mol. The van der Waals surface area contributed by atoms with Crippen LogP contribution in [0.2, 0.25) is 0 Å². The van der Waals surface area contributed by atoms with E-state index in [2.05, 4.69) is 43.4 Å². The molecule has 1 aromatic heterocycles. The van der Waals surface area contributed by atoms with Gasteiger partial charge in [-0.25, -0.2) is 0 Å². The molecule has 0 saturated carbocycles. The van der Waals surface area contributed by atoms with Gasteiger partial charge in [-0.2, -0.15) is 0 Å². The highest BCUT2D eigenvalue weighted by atomic mass is 32.1. The molecule has 1 heterocycles. The molecule has 0 saturated heterocycles. The van der Waals surface area contributed by atoms with Crippen LogP contribution in [0.1, 0.15) is 29.2 Å². The normalized spacial score (nSPS) is 12.3. The van der Waals surface area contributed by atoms with Gasteiger partial charge >= 0.3 is 0 Å². The quantitative estimate of drug-likeness (QED) is 0.793. The molecule has 0 aliphatic rings. The van der Waals surface area contributed by atoms with Crippen LogP contribution in [0.5, 0.6) is 5.75 Å². The average Bonchev–Trinajstić information content (AvgIpc) is 2.95. The van der Waals surface area contributed by atoms with E-state index in [0.29, 0.717) is 6.04 Å². The molecular weight excluding hydrogens is 278 g/mol. The lowest BCUT2D eigenvalue weighted by Crippen LogP contribution is -2.32. The zero-order valence-corrected chi connectivity index (χ0v) is 14.0. The van der Waals surface area contributed by atoms with Crippen molar-refractivity contribution in [3.8, 4) is 5.75 Å². The molecule has 114 valence electrons. The van der Waals surface area contributed by atoms with Crippen molar-refractivity contribution in [3.63, 3.8) is 0 Å². The molecular formula is C18H25NOS. The fourth-order valence-corrected chi connectivity index (χ4v) is 3.64. The summed E-state index contributed by atoms with van der Waals surface area (Å²) in [5.41, 5.74) is 1.28. The summed E-state index contributed by atoms with van der Waals surface area (Å²) in [6.07, 6.45) is 3.21. The summed E-state index contributed by atoms with van der Waals surface area (Å²) < 4.78 is 5.47. The van der Waals surface area contributed by atoms with Crippen molar-refractivity contribution in [3.05, 3.63) is 51.7 Å². The van der Waals surface area contributed by atoms with E-state index in [4.69, 9.17) is 4.74 Å². The zero-order valence-electron chi connectivity index (χ0n) is 13.2. The predicted octanol–water partition coefficient (Wildman–Crippen LogP) is 4.08. The SMILES string of the molecule is CCNC(Cc1ccc(CC)s1)Cc1ccccc1OC. The smallest absolute Gasteiger partial charge is 0.122 e. The number of nitrogens with one attached hydrogen (secondary N) is 1. The highest BCUT2D eigenvalue weighted by Gasteiger charge is 2.13. The number of hydrogen-bond acceptors (Lipinski definition) is 3. The van der Waals surface area contributed by atoms with E-state index in [1.165, 1.54) is 15.3 Å². The van der Waals surface area contributed by atoms with Crippen molar-refractivity contribution >= 4 is 11.3 Å². The molecule has 3 heteroatoms. The number of methoxy groups -OCH3 is 1. The molecule has 1 atom stereocenters. The summed E-state index contributed by atoms with van der Waals surface area (Å²) in [5, 5.41) is 3.61. The molecule has 21 heavy (non-hydrogen) atoms. The first-order chi connectivity index (χ1) is 10.3. The van der Waals surface area contributed by atoms with Crippen molar-refractivity contribution in [2.45, 2.75) is 39.2 Å². The van der Waals surface area contributed by atoms with Crippen LogP contribution in [0.25, 0.3) is 0 Å². The van der Waals surface area contributed by atoms with E-state index in [9.17, 15) is 0 Å². The van der Waals surface area contributed by atoms with Crippen LogP contribution in [0.3, 0.4) is 0 Å². The van der Waals surface area contributed by atoms with E-state index in [1.807, 2.05) is 23.5 Å². The van der Waals surface area contributed by atoms with E-state index in [0.717, 1.165) is 31.6 Å². The van der Waals surface area contributed by atoms with Gasteiger partial charge in [0, 0.05) is 15.8 Å². The standard InChI is InChI=1S/C18H25NOS/c1-4-16-10-11-17(21-16)13-15(19-5-2)12-14-8-6-7-9-18(14)20-3/h6-11,15,19H,4-5,12-13H2,1-3H3. The second-order valence-electron chi connectivity index (χ2n) is 5.20. The summed E-state index contributed by atoms with van der Waals surface area (Å²) >= 11 is 1.94. The Bertz CT molecular complexity index is 550. The van der Waals surface area contributed by atoms with E-state index >= 15 is 0 Å². The minimum absolute atomic E-state index is 0.453. The van der Waals surface area contributed by atoms with Crippen LogP contribution in [-0.4, -0.2) is 19.7 Å². The zero-order chi connectivity index (χ0) is 15.1. The topological polar surface area (TPSA) is 21.3 Å². The van der Waals surface area contributed by atoms with Crippen molar-refractivity contribution in [2.75, 3.05) is 13.7 Å². The van der Waals surface area contributed by atoms with Crippen LogP contribution < -0.4 is 10.1 Å². The van der Waals surface area contributed by atoms with Crippen molar-refractivity contribution in [1.82, 2.24) is 5.32 Å². The maximum atomic E-state index is 5.47. The van der Waals surface area contributed by atoms with Gasteiger partial charge in [0.25, 0.3) is 0 Å². The van der Waals surface area contributed by atoms with E-state index < -0.39 is 0 Å². The fraction of sp³-hybridized carbons (Fsp3) is 0.444. The van der Waals surface area contributed by atoms with Gasteiger partial charge in [0.1, 0.15) is 5.75 Å². The third kappa shape index (κ3) is 4.58. The number of aryl methyl sites for hydroxylation is 1. The molecule has 2 aromatic rings. The summed E-state index contributed by atoms with van der Waals surface area (Å²) in [4.78, 5) is 2.94. The summed E-state index contributed by atoms with van der Waals surface area (Å²) in [7, 11) is 1.74. The molecule has 0 fully saturated rings. The third-order valence-electron chi connectivity index (χ3n) is 3.66. The largest absolute Gasteiger partial charge is 0.496 e. The van der Waals surface area contributed by atoms with Crippen LogP contribution in [0.15, 0.2) is 36.4 Å². The molecule has 1 unspecified atom stereocenters. The monoisotopic (exact) mass is 303 g/mol. The first-order valence-electron chi connectivity index (χ1n) is 7.69. The Hall–Kier alpha value is -1.32. The molecule has 0 radical (unpaired) electrons. The lowest BCUT2D eigenvalue weighted by atomic mass is 10.0. The molecule has 0 spiro atoms. The highest BCUT2D eigenvalue weighted by molar-refractivity contribution is 7.11. The van der Waals surface area contributed by atoms with Crippen molar-refractivity contribution in [2.24, 2.45) is 0 Å². The maximum Gasteiger partial charge on any atom is 0.122 e. The number of rotatable bonds is 8. The Morgan fingerprint density at radius 1 is 1.05 bits per heavy atom. The molecule has 2 nitrogen and oxygen atoms in total. The molecule has 1 N–H and O–H groups in total. The Balaban J connectivity index is 2.07. The Kier molecular flexibility index (Phi) is 6.27. The van der Waals surface area contributed by atoms with Crippen molar-refractivity contribution in [1.29, 1.82) is 0 Å². The number of thiophene rings is 1. The first kappa shape index (κ1) is 16.1. The molecule has 0 bridgehead atoms. The van der Waals surface area contributed by atoms with Gasteiger partial charge in [-0.15, -0.1) is 11.3 Å². The van der Waals surface area contributed by atoms with Gasteiger partial charge in [-0.3, -0.25) is 0 Å². The molecule has 2 rings (SSSR count). The summed E-state index contributed by atoms with van der Waals surface area (Å²) in [5.74, 6) is 0.987. The third-order valence-corrected chi connectivity index (χ3v) is 4.92. The molecule has 0 aliphatic carbocycles. The van der Waals surface area contributed by atoms with E-state index in [-0.39, 0.29) is 0 Å². The second-order valence-corrected chi connectivity index (χ2v) is 6.45. The predicted molar refractivity (Wildman–Crippen MR) is 91.6 cm³/mol. The minimum Gasteiger partial charge on any atom is -0.496 e. The Labute approximate surface area is 132 Å². The second kappa shape index (κ2) is 8.20. The lowest BCUT2D eigenvalue weighted by Gasteiger charge is -2.18. The number of benzene rings is 1. The highest BCUT2D eigenvalue weighted by Crippen LogP contribution is 2.23. The summed E-state index contributed by atoms with van der Waals surface area (Å²) in [6, 6.07) is 13.3. The Morgan fingerprint density at radius 2 is 1.81 bits per heavy atom.